The van der Waals surface area contributed by atoms with Gasteiger partial charge in [0.15, 0.2) is 0 Å². The molecule has 0 aliphatic carbocycles. The summed E-state index contributed by atoms with van der Waals surface area (Å²) in [4.78, 5) is 0. The normalized spacial score (nSPS) is 12.6. The molecule has 0 aliphatic rings. The zero-order valence-corrected chi connectivity index (χ0v) is 13.2. The van der Waals surface area contributed by atoms with Gasteiger partial charge in [0.25, 0.3) is 0 Å². The number of ether oxygens (including phenoxy) is 1. The second-order valence-corrected chi connectivity index (χ2v) is 5.37. The van der Waals surface area contributed by atoms with Gasteiger partial charge in [-0.25, -0.2) is 0 Å². The van der Waals surface area contributed by atoms with Gasteiger partial charge in [-0.2, -0.15) is 0 Å². The molecule has 1 aromatic rings. The molecule has 0 fully saturated rings. The molecular weight excluding hydrogens is 281 g/mol. The third kappa shape index (κ3) is 6.13. The first-order valence-electron chi connectivity index (χ1n) is 6.95. The lowest BCUT2D eigenvalue weighted by Crippen LogP contribution is -2.23. The number of halogens is 2. The van der Waals surface area contributed by atoms with Gasteiger partial charge in [0.2, 0.25) is 0 Å². The average molecular weight is 304 g/mol. The van der Waals surface area contributed by atoms with Crippen LogP contribution in [0, 0.1) is 0 Å². The molecule has 0 radical (unpaired) electrons. The second kappa shape index (κ2) is 9.60. The van der Waals surface area contributed by atoms with Gasteiger partial charge in [0.1, 0.15) is 0 Å². The van der Waals surface area contributed by atoms with E-state index >= 15 is 0 Å². The third-order valence-corrected chi connectivity index (χ3v) is 3.70. The Hall–Kier alpha value is -0.280. The van der Waals surface area contributed by atoms with Crippen LogP contribution in [0.1, 0.15) is 44.7 Å². The zero-order chi connectivity index (χ0) is 14.1. The molecule has 2 nitrogen and oxygen atoms in total. The molecule has 0 amide bonds. The number of benzene rings is 1. The van der Waals surface area contributed by atoms with E-state index in [1.54, 1.807) is 0 Å². The quantitative estimate of drug-likeness (QED) is 0.658. The lowest BCUT2D eigenvalue weighted by molar-refractivity contribution is 0.131. The fourth-order valence-corrected chi connectivity index (χ4v) is 2.23. The Morgan fingerprint density at radius 3 is 2.58 bits per heavy atom. The van der Waals surface area contributed by atoms with E-state index in [-0.39, 0.29) is 0 Å². The lowest BCUT2D eigenvalue weighted by Gasteiger charge is -2.18. The molecule has 1 atom stereocenters. The van der Waals surface area contributed by atoms with Gasteiger partial charge in [-0.05, 0) is 43.5 Å². The zero-order valence-electron chi connectivity index (χ0n) is 11.7. The van der Waals surface area contributed by atoms with Crippen LogP contribution in [0.4, 0.5) is 0 Å². The van der Waals surface area contributed by atoms with Gasteiger partial charge >= 0.3 is 0 Å². The molecule has 0 aliphatic heterocycles. The highest BCUT2D eigenvalue weighted by molar-refractivity contribution is 6.42. The van der Waals surface area contributed by atoms with Crippen LogP contribution in [0.3, 0.4) is 0 Å². The van der Waals surface area contributed by atoms with E-state index in [4.69, 9.17) is 27.9 Å². The highest BCUT2D eigenvalue weighted by Crippen LogP contribution is 2.26. The Morgan fingerprint density at radius 1 is 1.16 bits per heavy atom. The van der Waals surface area contributed by atoms with Crippen LogP contribution in [0.2, 0.25) is 10.0 Å². The summed E-state index contributed by atoms with van der Waals surface area (Å²) < 4.78 is 5.46. The number of rotatable bonds is 9. The van der Waals surface area contributed by atoms with Crippen molar-refractivity contribution in [2.24, 2.45) is 0 Å². The van der Waals surface area contributed by atoms with E-state index in [9.17, 15) is 0 Å². The maximum Gasteiger partial charge on any atom is 0.0595 e. The van der Waals surface area contributed by atoms with Crippen LogP contribution in [0.25, 0.3) is 0 Å². The Balaban J connectivity index is 2.38. The summed E-state index contributed by atoms with van der Waals surface area (Å²) in [6.07, 6.45) is 3.12. The Kier molecular flexibility index (Phi) is 8.47. The summed E-state index contributed by atoms with van der Waals surface area (Å²) in [7, 11) is 0. The summed E-state index contributed by atoms with van der Waals surface area (Å²) in [5.41, 5.74) is 1.19. The minimum atomic E-state index is 0.320. The molecule has 1 N–H and O–H groups in total. The van der Waals surface area contributed by atoms with E-state index in [2.05, 4.69) is 19.2 Å². The van der Waals surface area contributed by atoms with Crippen LogP contribution in [0.5, 0.6) is 0 Å². The summed E-state index contributed by atoms with van der Waals surface area (Å²) in [5.74, 6) is 0. The number of hydrogen-bond acceptors (Lipinski definition) is 2. The smallest absolute Gasteiger partial charge is 0.0595 e. The minimum Gasteiger partial charge on any atom is -0.381 e. The molecule has 108 valence electrons. The van der Waals surface area contributed by atoms with Crippen LogP contribution >= 0.6 is 23.2 Å². The fraction of sp³-hybridized carbons (Fsp3) is 0.600. The average Bonchev–Trinajstić information content (AvgIpc) is 2.41. The summed E-state index contributed by atoms with van der Waals surface area (Å²) in [5, 5.41) is 4.75. The number of hydrogen-bond donors (Lipinski definition) is 1. The lowest BCUT2D eigenvalue weighted by atomic mass is 10.0. The van der Waals surface area contributed by atoms with Crippen LogP contribution < -0.4 is 5.32 Å². The molecule has 0 saturated carbocycles. The molecule has 1 aromatic carbocycles. The topological polar surface area (TPSA) is 21.3 Å². The van der Waals surface area contributed by atoms with Crippen LogP contribution in [0.15, 0.2) is 18.2 Å². The fourth-order valence-electron chi connectivity index (χ4n) is 1.92. The predicted molar refractivity (Wildman–Crippen MR) is 83.2 cm³/mol. The Bertz CT molecular complexity index is 371. The molecule has 19 heavy (non-hydrogen) atoms. The third-order valence-electron chi connectivity index (χ3n) is 2.96. The van der Waals surface area contributed by atoms with Gasteiger partial charge < -0.3 is 10.1 Å². The second-order valence-electron chi connectivity index (χ2n) is 4.55. The molecule has 1 rings (SSSR count). The van der Waals surface area contributed by atoms with Crippen molar-refractivity contribution in [3.63, 3.8) is 0 Å². The molecule has 0 heterocycles. The first-order chi connectivity index (χ1) is 9.19. The summed E-state index contributed by atoms with van der Waals surface area (Å²) >= 11 is 12.0. The van der Waals surface area contributed by atoms with Crippen LogP contribution in [-0.4, -0.2) is 19.8 Å². The number of nitrogens with one attached hydrogen (secondary N) is 1. The maximum absolute atomic E-state index is 6.05. The maximum atomic E-state index is 6.05. The molecular formula is C15H23Cl2NO. The first-order valence-corrected chi connectivity index (χ1v) is 7.70. The summed E-state index contributed by atoms with van der Waals surface area (Å²) in [6, 6.07) is 6.15. The van der Waals surface area contributed by atoms with Crippen molar-refractivity contribution in [3.05, 3.63) is 33.8 Å². The molecule has 0 bridgehead atoms. The van der Waals surface area contributed by atoms with Crippen molar-refractivity contribution in [1.82, 2.24) is 5.32 Å². The van der Waals surface area contributed by atoms with Crippen molar-refractivity contribution in [2.45, 2.75) is 39.2 Å². The molecule has 0 saturated heterocycles. The van der Waals surface area contributed by atoms with Crippen molar-refractivity contribution in [3.8, 4) is 0 Å². The Morgan fingerprint density at radius 2 is 1.95 bits per heavy atom. The van der Waals surface area contributed by atoms with Gasteiger partial charge in [-0.15, -0.1) is 0 Å². The van der Waals surface area contributed by atoms with E-state index in [0.29, 0.717) is 16.1 Å². The Labute approximate surface area is 126 Å². The molecule has 0 aromatic heterocycles. The van der Waals surface area contributed by atoms with E-state index in [0.717, 1.165) is 39.0 Å². The standard InChI is InChI=1S/C15H23Cl2NO/c1-3-9-19-10-5-8-18-15(4-2)12-6-7-13(16)14(17)11-12/h6-7,11,15,18H,3-5,8-10H2,1-2H3. The minimum absolute atomic E-state index is 0.320. The molecule has 4 heteroatoms. The summed E-state index contributed by atoms with van der Waals surface area (Å²) in [6.45, 7) is 6.90. The van der Waals surface area contributed by atoms with Crippen LogP contribution in [-0.2, 0) is 4.74 Å². The SMILES string of the molecule is CCCOCCCNC(CC)c1ccc(Cl)c(Cl)c1. The first kappa shape index (κ1) is 16.8. The van der Waals surface area contributed by atoms with E-state index in [1.807, 2.05) is 18.2 Å². The van der Waals surface area contributed by atoms with Gasteiger partial charge in [-0.3, -0.25) is 0 Å². The van der Waals surface area contributed by atoms with Gasteiger partial charge in [-0.1, -0.05) is 43.1 Å². The van der Waals surface area contributed by atoms with Crippen molar-refractivity contribution < 1.29 is 4.74 Å². The van der Waals surface area contributed by atoms with Gasteiger partial charge in [0, 0.05) is 19.3 Å². The monoisotopic (exact) mass is 303 g/mol. The largest absolute Gasteiger partial charge is 0.381 e. The highest BCUT2D eigenvalue weighted by Gasteiger charge is 2.09. The van der Waals surface area contributed by atoms with Crippen molar-refractivity contribution in [1.29, 1.82) is 0 Å². The van der Waals surface area contributed by atoms with E-state index in [1.165, 1.54) is 5.56 Å². The van der Waals surface area contributed by atoms with Gasteiger partial charge in [0.05, 0.1) is 10.0 Å². The van der Waals surface area contributed by atoms with Crippen molar-refractivity contribution >= 4 is 23.2 Å². The van der Waals surface area contributed by atoms with Crippen molar-refractivity contribution in [2.75, 3.05) is 19.8 Å². The highest BCUT2D eigenvalue weighted by atomic mass is 35.5. The molecule has 1 unspecified atom stereocenters. The van der Waals surface area contributed by atoms with E-state index < -0.39 is 0 Å². The molecule has 0 spiro atoms. The predicted octanol–water partition coefficient (Wildman–Crippen LogP) is 4.85.